The molecule has 7 nitrogen and oxygen atoms in total. The van der Waals surface area contributed by atoms with Crippen LogP contribution in [0.1, 0.15) is 16.8 Å². The highest BCUT2D eigenvalue weighted by atomic mass is 16.5. The summed E-state index contributed by atoms with van der Waals surface area (Å²) in [4.78, 5) is 21.4. The van der Waals surface area contributed by atoms with E-state index < -0.39 is 0 Å². The minimum atomic E-state index is -0.0726. The number of anilines is 2. The van der Waals surface area contributed by atoms with Gasteiger partial charge in [-0.2, -0.15) is 0 Å². The molecule has 7 heteroatoms. The monoisotopic (exact) mass is 384 g/mol. The second kappa shape index (κ2) is 9.94. The number of carbonyl (C=O) groups is 1. The summed E-state index contributed by atoms with van der Waals surface area (Å²) in [6.45, 7) is 4.77. The van der Waals surface area contributed by atoms with Crippen molar-refractivity contribution in [3.8, 4) is 5.75 Å². The molecular weight excluding hydrogens is 356 g/mol. The van der Waals surface area contributed by atoms with Crippen LogP contribution < -0.4 is 19.9 Å². The Morgan fingerprint density at radius 3 is 2.46 bits per heavy atom. The molecule has 1 aromatic heterocycles. The number of carbonyl (C=O) groups excluding carboxylic acids is 1. The average molecular weight is 384 g/mol. The predicted octanol–water partition coefficient (Wildman–Crippen LogP) is 2.18. The Kier molecular flexibility index (Phi) is 7.08. The van der Waals surface area contributed by atoms with Gasteiger partial charge in [0, 0.05) is 63.9 Å². The number of piperazine rings is 1. The third kappa shape index (κ3) is 5.13. The van der Waals surface area contributed by atoms with Crippen LogP contribution in [0, 0.1) is 0 Å². The highest BCUT2D eigenvalue weighted by Crippen LogP contribution is 2.22. The van der Waals surface area contributed by atoms with Gasteiger partial charge in [0.1, 0.15) is 11.6 Å². The highest BCUT2D eigenvalue weighted by Gasteiger charge is 2.19. The Hall–Kier alpha value is -2.80. The van der Waals surface area contributed by atoms with E-state index in [4.69, 9.17) is 9.47 Å². The van der Waals surface area contributed by atoms with E-state index in [-0.39, 0.29) is 5.91 Å². The van der Waals surface area contributed by atoms with Crippen molar-refractivity contribution < 1.29 is 14.3 Å². The standard InChI is InChI=1S/C21H28N4O3/c1-27-15-3-9-23-21(26)17-8-10-22-20(16-17)25-13-11-24(12-14-25)18-4-6-19(28-2)7-5-18/h4-8,10,16H,3,9,11-15H2,1-2H3,(H,23,26). The number of aromatic nitrogens is 1. The van der Waals surface area contributed by atoms with Crippen molar-refractivity contribution in [2.45, 2.75) is 6.42 Å². The first-order valence-electron chi connectivity index (χ1n) is 9.58. The Morgan fingerprint density at radius 1 is 1.07 bits per heavy atom. The van der Waals surface area contributed by atoms with Crippen LogP contribution >= 0.6 is 0 Å². The van der Waals surface area contributed by atoms with E-state index in [1.165, 1.54) is 5.69 Å². The van der Waals surface area contributed by atoms with E-state index >= 15 is 0 Å². The third-order valence-corrected chi connectivity index (χ3v) is 4.86. The van der Waals surface area contributed by atoms with E-state index in [0.717, 1.165) is 44.2 Å². The van der Waals surface area contributed by atoms with E-state index in [2.05, 4.69) is 32.2 Å². The molecular formula is C21H28N4O3. The average Bonchev–Trinajstić information content (AvgIpc) is 2.77. The molecule has 2 heterocycles. The Balaban J connectivity index is 1.55. The Labute approximate surface area is 166 Å². The number of pyridine rings is 1. The first-order chi connectivity index (χ1) is 13.7. The zero-order valence-corrected chi connectivity index (χ0v) is 16.6. The first kappa shape index (κ1) is 19.9. The lowest BCUT2D eigenvalue weighted by atomic mass is 10.2. The number of benzene rings is 1. The minimum absolute atomic E-state index is 0.0726. The van der Waals surface area contributed by atoms with Gasteiger partial charge in [0.05, 0.1) is 7.11 Å². The largest absolute Gasteiger partial charge is 0.497 e. The van der Waals surface area contributed by atoms with Crippen LogP contribution in [-0.4, -0.2) is 64.4 Å². The van der Waals surface area contributed by atoms with Gasteiger partial charge in [-0.3, -0.25) is 4.79 Å². The Morgan fingerprint density at radius 2 is 1.79 bits per heavy atom. The van der Waals surface area contributed by atoms with Gasteiger partial charge >= 0.3 is 0 Å². The van der Waals surface area contributed by atoms with Crippen LogP contribution in [-0.2, 0) is 4.74 Å². The summed E-state index contributed by atoms with van der Waals surface area (Å²) in [6.07, 6.45) is 2.50. The Bertz CT molecular complexity index is 759. The molecule has 2 aromatic rings. The zero-order chi connectivity index (χ0) is 19.8. The molecule has 28 heavy (non-hydrogen) atoms. The number of methoxy groups -OCH3 is 2. The number of hydrogen-bond acceptors (Lipinski definition) is 6. The number of amides is 1. The summed E-state index contributed by atoms with van der Waals surface area (Å²) in [5.41, 5.74) is 1.83. The van der Waals surface area contributed by atoms with Crippen molar-refractivity contribution in [3.05, 3.63) is 48.2 Å². The molecule has 150 valence electrons. The minimum Gasteiger partial charge on any atom is -0.497 e. The molecule has 1 saturated heterocycles. The first-order valence-corrected chi connectivity index (χ1v) is 9.58. The normalized spacial score (nSPS) is 14.1. The zero-order valence-electron chi connectivity index (χ0n) is 16.6. The summed E-state index contributed by atoms with van der Waals surface area (Å²) in [6, 6.07) is 11.8. The SMILES string of the molecule is COCCCNC(=O)c1ccnc(N2CCN(c3ccc(OC)cc3)CC2)c1. The van der Waals surface area contributed by atoms with E-state index in [9.17, 15) is 4.79 Å². The molecule has 3 rings (SSSR count). The fraction of sp³-hybridized carbons (Fsp3) is 0.429. The lowest BCUT2D eigenvalue weighted by Crippen LogP contribution is -2.46. The maximum absolute atomic E-state index is 12.3. The van der Waals surface area contributed by atoms with Crippen molar-refractivity contribution in [2.75, 3.05) is 63.4 Å². The van der Waals surface area contributed by atoms with E-state index in [1.54, 1.807) is 26.5 Å². The number of rotatable bonds is 8. The number of ether oxygens (including phenoxy) is 2. The fourth-order valence-corrected chi connectivity index (χ4v) is 3.24. The molecule has 0 spiro atoms. The summed E-state index contributed by atoms with van der Waals surface area (Å²) >= 11 is 0. The molecule has 1 N–H and O–H groups in total. The summed E-state index contributed by atoms with van der Waals surface area (Å²) in [7, 11) is 3.33. The van der Waals surface area contributed by atoms with Crippen LogP contribution in [0.4, 0.5) is 11.5 Å². The van der Waals surface area contributed by atoms with Crippen molar-refractivity contribution in [3.63, 3.8) is 0 Å². The number of nitrogens with zero attached hydrogens (tertiary/aromatic N) is 3. The van der Waals surface area contributed by atoms with Gasteiger partial charge in [-0.15, -0.1) is 0 Å². The van der Waals surface area contributed by atoms with Crippen LogP contribution in [0.2, 0.25) is 0 Å². The van der Waals surface area contributed by atoms with Crippen molar-refractivity contribution >= 4 is 17.4 Å². The number of nitrogens with one attached hydrogen (secondary N) is 1. The van der Waals surface area contributed by atoms with Gasteiger partial charge in [-0.1, -0.05) is 0 Å². The van der Waals surface area contributed by atoms with Crippen LogP contribution in [0.3, 0.4) is 0 Å². The van der Waals surface area contributed by atoms with Gasteiger partial charge in [0.25, 0.3) is 5.91 Å². The molecule has 0 saturated carbocycles. The molecule has 1 aromatic carbocycles. The van der Waals surface area contributed by atoms with Crippen molar-refractivity contribution in [1.82, 2.24) is 10.3 Å². The maximum Gasteiger partial charge on any atom is 0.251 e. The van der Waals surface area contributed by atoms with E-state index in [1.807, 2.05) is 18.2 Å². The van der Waals surface area contributed by atoms with Crippen LogP contribution in [0.5, 0.6) is 5.75 Å². The lowest BCUT2D eigenvalue weighted by Gasteiger charge is -2.36. The third-order valence-electron chi connectivity index (χ3n) is 4.86. The molecule has 0 atom stereocenters. The lowest BCUT2D eigenvalue weighted by molar-refractivity contribution is 0.0948. The predicted molar refractivity (Wildman–Crippen MR) is 110 cm³/mol. The van der Waals surface area contributed by atoms with Crippen molar-refractivity contribution in [1.29, 1.82) is 0 Å². The number of hydrogen-bond donors (Lipinski definition) is 1. The fourth-order valence-electron chi connectivity index (χ4n) is 3.24. The highest BCUT2D eigenvalue weighted by molar-refractivity contribution is 5.94. The second-order valence-corrected chi connectivity index (χ2v) is 6.68. The second-order valence-electron chi connectivity index (χ2n) is 6.68. The summed E-state index contributed by atoms with van der Waals surface area (Å²) in [5.74, 6) is 1.64. The molecule has 1 amide bonds. The van der Waals surface area contributed by atoms with Gasteiger partial charge in [-0.25, -0.2) is 4.98 Å². The molecule has 0 unspecified atom stereocenters. The molecule has 1 fully saturated rings. The van der Waals surface area contributed by atoms with Gasteiger partial charge in [-0.05, 0) is 42.8 Å². The van der Waals surface area contributed by atoms with Crippen molar-refractivity contribution in [2.24, 2.45) is 0 Å². The molecule has 1 aliphatic rings. The maximum atomic E-state index is 12.3. The van der Waals surface area contributed by atoms with Gasteiger partial charge in [0.2, 0.25) is 0 Å². The summed E-state index contributed by atoms with van der Waals surface area (Å²) < 4.78 is 10.2. The van der Waals surface area contributed by atoms with Crippen LogP contribution in [0.15, 0.2) is 42.6 Å². The van der Waals surface area contributed by atoms with Gasteiger partial charge in [0.15, 0.2) is 0 Å². The van der Waals surface area contributed by atoms with Gasteiger partial charge < -0.3 is 24.6 Å². The summed E-state index contributed by atoms with van der Waals surface area (Å²) in [5, 5.41) is 2.92. The molecule has 1 aliphatic heterocycles. The molecule has 0 radical (unpaired) electrons. The molecule has 0 aliphatic carbocycles. The molecule has 0 bridgehead atoms. The van der Waals surface area contributed by atoms with Crippen LogP contribution in [0.25, 0.3) is 0 Å². The van der Waals surface area contributed by atoms with E-state index in [0.29, 0.717) is 18.7 Å². The smallest absolute Gasteiger partial charge is 0.251 e. The topological polar surface area (TPSA) is 66.9 Å². The quantitative estimate of drug-likeness (QED) is 0.704.